The minimum atomic E-state index is 0.596. The van der Waals surface area contributed by atoms with Gasteiger partial charge in [0, 0.05) is 12.5 Å². The molecule has 0 aliphatic heterocycles. The Bertz CT molecular complexity index is 193. The van der Waals surface area contributed by atoms with Gasteiger partial charge in [0.05, 0.1) is 5.84 Å². The molecule has 0 unspecified atom stereocenters. The smallest absolute Gasteiger partial charge is 0.0968 e. The van der Waals surface area contributed by atoms with Crippen molar-refractivity contribution in [3.63, 3.8) is 0 Å². The molecule has 88 valence electrons. The zero-order valence-corrected chi connectivity index (χ0v) is 10.2. The minimum Gasteiger partial charge on any atom is -0.387 e. The van der Waals surface area contributed by atoms with Crippen LogP contribution < -0.4 is 5.73 Å². The van der Waals surface area contributed by atoms with Crippen LogP contribution in [0.5, 0.6) is 0 Å². The van der Waals surface area contributed by atoms with E-state index in [0.717, 1.165) is 25.3 Å². The van der Waals surface area contributed by atoms with Gasteiger partial charge < -0.3 is 10.6 Å². The fourth-order valence-corrected chi connectivity index (χ4v) is 2.10. The lowest BCUT2D eigenvalue weighted by atomic mass is 10.1. The highest BCUT2D eigenvalue weighted by atomic mass is 15.0. The first-order valence-electron chi connectivity index (χ1n) is 6.14. The summed E-state index contributed by atoms with van der Waals surface area (Å²) in [5.41, 5.74) is 5.96. The Labute approximate surface area is 93.7 Å². The molecule has 15 heavy (non-hydrogen) atoms. The number of amidine groups is 1. The van der Waals surface area contributed by atoms with Crippen LogP contribution in [0.4, 0.5) is 0 Å². The average molecular weight is 211 g/mol. The van der Waals surface area contributed by atoms with E-state index in [4.69, 9.17) is 5.73 Å². The molecule has 1 aliphatic carbocycles. The Kier molecular flexibility index (Phi) is 5.69. The van der Waals surface area contributed by atoms with Gasteiger partial charge in [-0.25, -0.2) is 0 Å². The van der Waals surface area contributed by atoms with Crippen molar-refractivity contribution >= 4 is 5.84 Å². The normalized spacial score (nSPS) is 19.0. The second kappa shape index (κ2) is 6.83. The number of aliphatic imine (C=N–C) groups is 1. The summed E-state index contributed by atoms with van der Waals surface area (Å²) in [6, 6.07) is 0. The standard InChI is InChI=1S/C12H25N3/c1-15(2)10-6-5-9-14-12(13)11-7-3-4-8-11/h11H,3-10H2,1-2H3,(H2,13,14). The van der Waals surface area contributed by atoms with Gasteiger partial charge in [0.15, 0.2) is 0 Å². The lowest BCUT2D eigenvalue weighted by molar-refractivity contribution is 0.395. The van der Waals surface area contributed by atoms with Crippen LogP contribution in [-0.4, -0.2) is 37.9 Å². The van der Waals surface area contributed by atoms with Crippen LogP contribution in [0.3, 0.4) is 0 Å². The molecular weight excluding hydrogens is 186 g/mol. The Morgan fingerprint density at radius 3 is 2.53 bits per heavy atom. The zero-order valence-electron chi connectivity index (χ0n) is 10.2. The first kappa shape index (κ1) is 12.5. The highest BCUT2D eigenvalue weighted by Crippen LogP contribution is 2.24. The van der Waals surface area contributed by atoms with E-state index < -0.39 is 0 Å². The van der Waals surface area contributed by atoms with Crippen molar-refractivity contribution in [3.8, 4) is 0 Å². The zero-order chi connectivity index (χ0) is 11.1. The minimum absolute atomic E-state index is 0.596. The molecule has 0 radical (unpaired) electrons. The quantitative estimate of drug-likeness (QED) is 0.414. The monoisotopic (exact) mass is 211 g/mol. The fraction of sp³-hybridized carbons (Fsp3) is 0.917. The molecule has 0 aromatic rings. The molecule has 0 aromatic carbocycles. The van der Waals surface area contributed by atoms with Gasteiger partial charge in [0.25, 0.3) is 0 Å². The third kappa shape index (κ3) is 5.17. The van der Waals surface area contributed by atoms with Gasteiger partial charge in [-0.1, -0.05) is 12.8 Å². The summed E-state index contributed by atoms with van der Waals surface area (Å²) in [5, 5.41) is 0. The Morgan fingerprint density at radius 1 is 1.27 bits per heavy atom. The van der Waals surface area contributed by atoms with Crippen LogP contribution in [0.25, 0.3) is 0 Å². The maximum Gasteiger partial charge on any atom is 0.0968 e. The molecule has 1 aliphatic rings. The van der Waals surface area contributed by atoms with E-state index in [0.29, 0.717) is 5.92 Å². The van der Waals surface area contributed by atoms with Crippen molar-refractivity contribution in [1.29, 1.82) is 0 Å². The molecule has 0 aromatic heterocycles. The molecule has 0 heterocycles. The van der Waals surface area contributed by atoms with Crippen molar-refractivity contribution in [2.45, 2.75) is 38.5 Å². The van der Waals surface area contributed by atoms with Gasteiger partial charge in [-0.3, -0.25) is 4.99 Å². The topological polar surface area (TPSA) is 41.6 Å². The van der Waals surface area contributed by atoms with Gasteiger partial charge in [0.1, 0.15) is 0 Å². The van der Waals surface area contributed by atoms with Crippen molar-refractivity contribution < 1.29 is 0 Å². The number of nitrogens with two attached hydrogens (primary N) is 1. The first-order valence-corrected chi connectivity index (χ1v) is 6.14. The van der Waals surface area contributed by atoms with Gasteiger partial charge in [0.2, 0.25) is 0 Å². The Morgan fingerprint density at radius 2 is 1.93 bits per heavy atom. The lowest BCUT2D eigenvalue weighted by Crippen LogP contribution is -2.21. The van der Waals surface area contributed by atoms with Gasteiger partial charge in [-0.15, -0.1) is 0 Å². The average Bonchev–Trinajstić information content (AvgIpc) is 2.69. The largest absolute Gasteiger partial charge is 0.387 e. The number of hydrogen-bond donors (Lipinski definition) is 1. The molecule has 2 N–H and O–H groups in total. The molecule has 0 spiro atoms. The van der Waals surface area contributed by atoms with E-state index in [2.05, 4.69) is 24.0 Å². The number of unbranched alkanes of at least 4 members (excludes halogenated alkanes) is 1. The number of hydrogen-bond acceptors (Lipinski definition) is 2. The highest BCUT2D eigenvalue weighted by Gasteiger charge is 2.17. The molecule has 0 saturated heterocycles. The summed E-state index contributed by atoms with van der Waals surface area (Å²) in [5.74, 6) is 1.51. The van der Waals surface area contributed by atoms with E-state index >= 15 is 0 Å². The van der Waals surface area contributed by atoms with Crippen LogP contribution in [-0.2, 0) is 0 Å². The van der Waals surface area contributed by atoms with Crippen LogP contribution in [0, 0.1) is 5.92 Å². The van der Waals surface area contributed by atoms with Crippen molar-refractivity contribution in [2.24, 2.45) is 16.6 Å². The van der Waals surface area contributed by atoms with Crippen molar-refractivity contribution in [3.05, 3.63) is 0 Å². The predicted octanol–water partition coefficient (Wildman–Crippen LogP) is 1.88. The molecule has 1 saturated carbocycles. The molecule has 3 heteroatoms. The molecule has 1 rings (SSSR count). The van der Waals surface area contributed by atoms with E-state index in [1.165, 1.54) is 32.1 Å². The van der Waals surface area contributed by atoms with Crippen LogP contribution >= 0.6 is 0 Å². The second-order valence-corrected chi connectivity index (χ2v) is 4.80. The van der Waals surface area contributed by atoms with Gasteiger partial charge in [-0.05, 0) is 46.3 Å². The summed E-state index contributed by atoms with van der Waals surface area (Å²) in [6.45, 7) is 2.06. The molecule has 0 amide bonds. The molecule has 1 fully saturated rings. The van der Waals surface area contributed by atoms with E-state index in [-0.39, 0.29) is 0 Å². The second-order valence-electron chi connectivity index (χ2n) is 4.80. The number of rotatable bonds is 6. The van der Waals surface area contributed by atoms with Crippen LogP contribution in [0.1, 0.15) is 38.5 Å². The van der Waals surface area contributed by atoms with Crippen molar-refractivity contribution in [2.75, 3.05) is 27.2 Å². The molecule has 3 nitrogen and oxygen atoms in total. The third-order valence-electron chi connectivity index (χ3n) is 3.08. The summed E-state index contributed by atoms with van der Waals surface area (Å²) < 4.78 is 0. The molecular formula is C12H25N3. The summed E-state index contributed by atoms with van der Waals surface area (Å²) >= 11 is 0. The van der Waals surface area contributed by atoms with Crippen LogP contribution in [0.2, 0.25) is 0 Å². The van der Waals surface area contributed by atoms with Gasteiger partial charge in [-0.2, -0.15) is 0 Å². The molecule has 0 bridgehead atoms. The Hall–Kier alpha value is -0.570. The Balaban J connectivity index is 2.08. The van der Waals surface area contributed by atoms with E-state index in [1.807, 2.05) is 0 Å². The van der Waals surface area contributed by atoms with E-state index in [9.17, 15) is 0 Å². The number of nitrogens with zero attached hydrogens (tertiary/aromatic N) is 2. The van der Waals surface area contributed by atoms with Gasteiger partial charge >= 0.3 is 0 Å². The third-order valence-corrected chi connectivity index (χ3v) is 3.08. The van der Waals surface area contributed by atoms with E-state index in [1.54, 1.807) is 0 Å². The van der Waals surface area contributed by atoms with Crippen molar-refractivity contribution in [1.82, 2.24) is 4.90 Å². The maximum atomic E-state index is 5.96. The lowest BCUT2D eigenvalue weighted by Gasteiger charge is -2.09. The summed E-state index contributed by atoms with van der Waals surface area (Å²) in [7, 11) is 4.21. The maximum absolute atomic E-state index is 5.96. The molecule has 0 atom stereocenters. The highest BCUT2D eigenvalue weighted by molar-refractivity contribution is 5.83. The first-order chi connectivity index (χ1) is 7.20. The summed E-state index contributed by atoms with van der Waals surface area (Å²) in [4.78, 5) is 6.69. The van der Waals surface area contributed by atoms with Crippen LogP contribution in [0.15, 0.2) is 4.99 Å². The summed E-state index contributed by atoms with van der Waals surface area (Å²) in [6.07, 6.45) is 7.56. The predicted molar refractivity (Wildman–Crippen MR) is 66.2 cm³/mol. The fourth-order valence-electron chi connectivity index (χ4n) is 2.10. The SMILES string of the molecule is CN(C)CCCCN=C(N)C1CCCC1.